The summed E-state index contributed by atoms with van der Waals surface area (Å²) in [6, 6.07) is 7.83. The summed E-state index contributed by atoms with van der Waals surface area (Å²) in [7, 11) is 0. The van der Waals surface area contributed by atoms with E-state index in [4.69, 9.17) is 31.8 Å². The molecular weight excluding hydrogens is 588 g/mol. The Labute approximate surface area is 271 Å². The van der Waals surface area contributed by atoms with Gasteiger partial charge in [-0.1, -0.05) is 56.3 Å². The van der Waals surface area contributed by atoms with E-state index in [-0.39, 0.29) is 23.6 Å². The molecular formula is C35H47ClN6O3. The fourth-order valence-corrected chi connectivity index (χ4v) is 6.51. The van der Waals surface area contributed by atoms with E-state index in [1.165, 1.54) is 0 Å². The zero-order valence-electron chi connectivity index (χ0n) is 26.9. The van der Waals surface area contributed by atoms with Crippen LogP contribution >= 0.6 is 11.6 Å². The van der Waals surface area contributed by atoms with Gasteiger partial charge in [0.2, 0.25) is 0 Å². The van der Waals surface area contributed by atoms with Gasteiger partial charge in [0, 0.05) is 85.9 Å². The van der Waals surface area contributed by atoms with Crippen LogP contribution in [0.25, 0.3) is 22.9 Å². The summed E-state index contributed by atoms with van der Waals surface area (Å²) >= 11 is 6.95. The number of rotatable bonds is 10. The van der Waals surface area contributed by atoms with Crippen LogP contribution in [0.4, 0.5) is 5.82 Å². The molecule has 10 heteroatoms. The highest BCUT2D eigenvalue weighted by Gasteiger charge is 2.29. The smallest absolute Gasteiger partial charge is 0.260 e. The van der Waals surface area contributed by atoms with Crippen LogP contribution in [-0.2, 0) is 9.47 Å². The first-order valence-electron chi connectivity index (χ1n) is 16.3. The number of nitrogens with zero attached hydrogens (tertiary/aromatic N) is 4. The zero-order chi connectivity index (χ0) is 31.9. The summed E-state index contributed by atoms with van der Waals surface area (Å²) in [4.78, 5) is 26.7. The number of nitrogens with one attached hydrogen (secondary N) is 1. The van der Waals surface area contributed by atoms with Gasteiger partial charge in [-0.25, -0.2) is 4.99 Å². The number of aromatic nitrogens is 1. The summed E-state index contributed by atoms with van der Waals surface area (Å²) < 4.78 is 13.1. The quantitative estimate of drug-likeness (QED) is 0.237. The third-order valence-corrected chi connectivity index (χ3v) is 9.29. The first-order valence-corrected chi connectivity index (χ1v) is 16.7. The standard InChI is InChI=1S/C35H47ClN6O3/c1-5-23(3)33(39-27-12-18-44-19-13-27)40-34-25(6-2)20-30(35(43)42(34)28-11-15-41(22-28)16-14-37)29-10-9-26(21-31(29)36)32-8-7-17-45-24(4)38-32/h6,8-10,20-21,23,27-28H,2,5,7,11-19,22,37H2,1,3-4H3,(H,39,40). The summed E-state index contributed by atoms with van der Waals surface area (Å²) in [5, 5.41) is 4.17. The van der Waals surface area contributed by atoms with Crippen molar-refractivity contribution >= 4 is 40.9 Å². The number of anilines is 1. The Morgan fingerprint density at radius 3 is 2.76 bits per heavy atom. The second kappa shape index (κ2) is 15.4. The number of hydrogen-bond acceptors (Lipinski definition) is 7. The number of benzene rings is 1. The fourth-order valence-electron chi connectivity index (χ4n) is 6.23. The van der Waals surface area contributed by atoms with Crippen molar-refractivity contribution in [3.8, 4) is 11.1 Å². The Hall–Kier alpha value is -3.24. The van der Waals surface area contributed by atoms with Gasteiger partial charge in [0.25, 0.3) is 5.56 Å². The molecule has 4 heterocycles. The van der Waals surface area contributed by atoms with Crippen molar-refractivity contribution in [1.82, 2.24) is 9.47 Å². The summed E-state index contributed by atoms with van der Waals surface area (Å²) in [6.45, 7) is 15.4. The third-order valence-electron chi connectivity index (χ3n) is 8.98. The normalized spacial score (nSPS) is 20.6. The molecule has 2 aromatic rings. The van der Waals surface area contributed by atoms with Crippen molar-refractivity contribution in [1.29, 1.82) is 0 Å². The number of hydrogen-bond donors (Lipinski definition) is 2. The van der Waals surface area contributed by atoms with Crippen LogP contribution in [0, 0.1) is 5.92 Å². The molecule has 0 amide bonds. The maximum absolute atomic E-state index is 14.6. The molecule has 45 heavy (non-hydrogen) atoms. The maximum atomic E-state index is 14.6. The number of amidine groups is 1. The molecule has 9 nitrogen and oxygen atoms in total. The van der Waals surface area contributed by atoms with Gasteiger partial charge in [-0.05, 0) is 37.8 Å². The minimum Gasteiger partial charge on any atom is -0.481 e. The highest BCUT2D eigenvalue weighted by Crippen LogP contribution is 2.34. The topological polar surface area (TPSA) is 106 Å². The molecule has 2 unspecified atom stereocenters. The van der Waals surface area contributed by atoms with Gasteiger partial charge in [-0.15, -0.1) is 0 Å². The molecule has 2 fully saturated rings. The van der Waals surface area contributed by atoms with Crippen molar-refractivity contribution in [2.45, 2.75) is 65.0 Å². The lowest BCUT2D eigenvalue weighted by Gasteiger charge is -2.27. The Kier molecular flexibility index (Phi) is 11.3. The van der Waals surface area contributed by atoms with Crippen LogP contribution < -0.4 is 16.6 Å². The number of pyridine rings is 1. The van der Waals surface area contributed by atoms with E-state index in [1.54, 1.807) is 0 Å². The molecule has 0 aliphatic carbocycles. The van der Waals surface area contributed by atoms with E-state index < -0.39 is 0 Å². The molecule has 5 rings (SSSR count). The van der Waals surface area contributed by atoms with Gasteiger partial charge in [0.1, 0.15) is 11.7 Å². The van der Waals surface area contributed by atoms with Crippen LogP contribution in [0.5, 0.6) is 0 Å². The molecule has 0 radical (unpaired) electrons. The second-order valence-corrected chi connectivity index (χ2v) is 12.5. The van der Waals surface area contributed by atoms with Crippen molar-refractivity contribution in [3.63, 3.8) is 0 Å². The van der Waals surface area contributed by atoms with Crippen LogP contribution in [-0.4, -0.2) is 73.2 Å². The highest BCUT2D eigenvalue weighted by atomic mass is 35.5. The Bertz CT molecular complexity index is 1520. The maximum Gasteiger partial charge on any atom is 0.260 e. The van der Waals surface area contributed by atoms with E-state index in [9.17, 15) is 4.79 Å². The minimum absolute atomic E-state index is 0.0435. The largest absolute Gasteiger partial charge is 0.481 e. The minimum atomic E-state index is -0.0946. The van der Waals surface area contributed by atoms with E-state index in [1.807, 2.05) is 41.8 Å². The van der Waals surface area contributed by atoms with Gasteiger partial charge < -0.3 is 20.5 Å². The number of aliphatic imine (C=N–C) groups is 2. The van der Waals surface area contributed by atoms with E-state index in [0.717, 1.165) is 93.4 Å². The van der Waals surface area contributed by atoms with E-state index in [0.29, 0.717) is 35.2 Å². The summed E-state index contributed by atoms with van der Waals surface area (Å²) in [5.41, 5.74) is 9.55. The second-order valence-electron chi connectivity index (χ2n) is 12.1. The molecule has 2 saturated heterocycles. The molecule has 1 aromatic carbocycles. The molecule has 3 aliphatic rings. The first-order chi connectivity index (χ1) is 21.8. The Morgan fingerprint density at radius 1 is 1.24 bits per heavy atom. The van der Waals surface area contributed by atoms with Crippen molar-refractivity contribution in [2.24, 2.45) is 21.6 Å². The molecule has 1 aromatic heterocycles. The lowest BCUT2D eigenvalue weighted by molar-refractivity contribution is 0.0870. The number of likely N-dealkylation sites (tertiary alicyclic amines) is 1. The van der Waals surface area contributed by atoms with Gasteiger partial charge >= 0.3 is 0 Å². The van der Waals surface area contributed by atoms with Crippen molar-refractivity contribution in [3.05, 3.63) is 63.4 Å². The number of ether oxygens (including phenoxy) is 2. The molecule has 2 atom stereocenters. The van der Waals surface area contributed by atoms with Crippen LogP contribution in [0.1, 0.15) is 70.0 Å². The van der Waals surface area contributed by atoms with Gasteiger partial charge in [0.15, 0.2) is 5.90 Å². The monoisotopic (exact) mass is 634 g/mol. The molecule has 242 valence electrons. The number of nitrogens with two attached hydrogens (primary N) is 1. The first kappa shape index (κ1) is 33.1. The summed E-state index contributed by atoms with van der Waals surface area (Å²) in [6.07, 6.45) is 8.16. The molecule has 3 N–H and O–H groups in total. The molecule has 0 saturated carbocycles. The van der Waals surface area contributed by atoms with Crippen LogP contribution in [0.2, 0.25) is 5.02 Å². The third kappa shape index (κ3) is 7.77. The zero-order valence-corrected chi connectivity index (χ0v) is 27.6. The predicted molar refractivity (Wildman–Crippen MR) is 186 cm³/mol. The highest BCUT2D eigenvalue weighted by molar-refractivity contribution is 6.33. The lowest BCUT2D eigenvalue weighted by Crippen LogP contribution is -2.35. The van der Waals surface area contributed by atoms with Gasteiger partial charge in [-0.3, -0.25) is 19.3 Å². The van der Waals surface area contributed by atoms with E-state index >= 15 is 0 Å². The van der Waals surface area contributed by atoms with Crippen molar-refractivity contribution in [2.75, 3.05) is 51.3 Å². The fraction of sp³-hybridized carbons (Fsp3) is 0.514. The SMILES string of the molecule is C=Cc1cc(-c2ccc(C3=CCCOC(C)=N3)cc2Cl)c(=O)n(C2CCN(CCN)C2)c1NC(=NC1CCOCC1)C(C)CC. The van der Waals surface area contributed by atoms with Gasteiger partial charge in [-0.2, -0.15) is 0 Å². The van der Waals surface area contributed by atoms with E-state index in [2.05, 4.69) is 41.7 Å². The molecule has 3 aliphatic heterocycles. The average Bonchev–Trinajstić information content (AvgIpc) is 3.39. The Balaban J connectivity index is 1.61. The number of halogens is 1. The molecule has 0 bridgehead atoms. The lowest BCUT2D eigenvalue weighted by atomic mass is 10.0. The average molecular weight is 635 g/mol. The van der Waals surface area contributed by atoms with Gasteiger partial charge in [0.05, 0.1) is 24.4 Å². The van der Waals surface area contributed by atoms with Crippen LogP contribution in [0.15, 0.2) is 51.7 Å². The predicted octanol–water partition coefficient (Wildman–Crippen LogP) is 6.23. The van der Waals surface area contributed by atoms with Crippen molar-refractivity contribution < 1.29 is 9.47 Å². The summed E-state index contributed by atoms with van der Waals surface area (Å²) in [5.74, 6) is 2.43. The molecule has 0 spiro atoms. The van der Waals surface area contributed by atoms with Crippen LogP contribution in [0.3, 0.4) is 0 Å². The Morgan fingerprint density at radius 2 is 2.04 bits per heavy atom.